The predicted octanol–water partition coefficient (Wildman–Crippen LogP) is 2.89. The molecule has 4 rings (SSSR count). The lowest BCUT2D eigenvalue weighted by Gasteiger charge is -2.06. The molecule has 0 aromatic carbocycles. The molecule has 0 spiro atoms. The van der Waals surface area contributed by atoms with Crippen LogP contribution in [0, 0.1) is 0 Å². The fourth-order valence-electron chi connectivity index (χ4n) is 2.41. The monoisotopic (exact) mass is 465 g/mol. The molecule has 2 N–H and O–H groups in total. The Balaban J connectivity index is 1.78. The number of hydrogen-bond donors (Lipinski definition) is 1. The van der Waals surface area contributed by atoms with Crippen molar-refractivity contribution < 1.29 is 9.53 Å². The number of ether oxygens (including phenoxy) is 1. The highest BCUT2D eigenvalue weighted by Gasteiger charge is 2.20. The number of pyridine rings is 1. The third-order valence-electron chi connectivity index (χ3n) is 3.53. The maximum absolute atomic E-state index is 12.0. The molecule has 0 atom stereocenters. The van der Waals surface area contributed by atoms with Crippen LogP contribution in [0.15, 0.2) is 32.7 Å². The van der Waals surface area contributed by atoms with E-state index in [2.05, 4.69) is 40.8 Å². The van der Waals surface area contributed by atoms with Crippen LogP contribution in [0.25, 0.3) is 21.4 Å². The smallest absolute Gasteiger partial charge is 0.326 e. The summed E-state index contributed by atoms with van der Waals surface area (Å²) in [5.41, 5.74) is 7.62. The van der Waals surface area contributed by atoms with Gasteiger partial charge in [0.25, 0.3) is 0 Å². The van der Waals surface area contributed by atoms with Gasteiger partial charge in [-0.2, -0.15) is 0 Å². The van der Waals surface area contributed by atoms with Crippen molar-refractivity contribution in [3.05, 3.63) is 23.2 Å². The summed E-state index contributed by atoms with van der Waals surface area (Å²) < 4.78 is 9.34. The Morgan fingerprint density at radius 2 is 2.22 bits per heavy atom. The number of nitrogens with zero attached hydrogens (tertiary/aromatic N) is 6. The molecular formula is C15H12BrN7O2S2. The third-order valence-corrected chi connectivity index (χ3v) is 6.55. The van der Waals surface area contributed by atoms with Gasteiger partial charge >= 0.3 is 5.97 Å². The SMILES string of the molecule is CCOC(=O)Cn1c(Sc2nc3cncc(Br)c3s2)nc2c(N)ncnc21. The van der Waals surface area contributed by atoms with E-state index in [0.29, 0.717) is 22.9 Å². The van der Waals surface area contributed by atoms with Gasteiger partial charge in [0.05, 0.1) is 22.0 Å². The molecule has 0 saturated heterocycles. The summed E-state index contributed by atoms with van der Waals surface area (Å²) in [6.45, 7) is 2.02. The molecule has 0 unspecified atom stereocenters. The number of fused-ring (bicyclic) bond motifs is 2. The first-order valence-electron chi connectivity index (χ1n) is 7.77. The van der Waals surface area contributed by atoms with Crippen LogP contribution in [-0.2, 0) is 16.1 Å². The molecule has 0 fully saturated rings. The highest BCUT2D eigenvalue weighted by atomic mass is 79.9. The molecule has 0 bridgehead atoms. The van der Waals surface area contributed by atoms with Gasteiger partial charge in [0.1, 0.15) is 18.4 Å². The van der Waals surface area contributed by atoms with Crippen LogP contribution in [0.1, 0.15) is 6.92 Å². The summed E-state index contributed by atoms with van der Waals surface area (Å²) in [4.78, 5) is 33.5. The lowest BCUT2D eigenvalue weighted by molar-refractivity contribution is -0.143. The third kappa shape index (κ3) is 3.47. The molecule has 4 aromatic rings. The van der Waals surface area contributed by atoms with Crippen LogP contribution < -0.4 is 5.73 Å². The standard InChI is InChI=1S/C15H12BrN7O2S2/c1-2-25-9(24)5-23-13-10(12(17)19-6-20-13)22-14(23)27-15-21-8-4-18-3-7(16)11(8)26-15/h3-4,6H,2,5H2,1H3,(H2,17,19,20). The van der Waals surface area contributed by atoms with Crippen LogP contribution in [0.4, 0.5) is 5.82 Å². The minimum absolute atomic E-state index is 0.0285. The molecule has 9 nitrogen and oxygen atoms in total. The maximum atomic E-state index is 12.0. The second kappa shape index (κ2) is 7.37. The number of rotatable bonds is 5. The molecule has 4 aromatic heterocycles. The lowest BCUT2D eigenvalue weighted by atomic mass is 10.5. The zero-order chi connectivity index (χ0) is 19.0. The van der Waals surface area contributed by atoms with Crippen LogP contribution >= 0.6 is 39.0 Å². The number of carbonyl (C=O) groups excluding carboxylic acids is 1. The van der Waals surface area contributed by atoms with Gasteiger partial charge < -0.3 is 10.5 Å². The summed E-state index contributed by atoms with van der Waals surface area (Å²) >= 11 is 6.30. The zero-order valence-electron chi connectivity index (χ0n) is 13.9. The molecule has 0 amide bonds. The predicted molar refractivity (Wildman–Crippen MR) is 106 cm³/mol. The van der Waals surface area contributed by atoms with Gasteiger partial charge in [0.2, 0.25) is 0 Å². The van der Waals surface area contributed by atoms with Crippen molar-refractivity contribution >= 4 is 72.2 Å². The van der Waals surface area contributed by atoms with E-state index in [1.54, 1.807) is 23.9 Å². The van der Waals surface area contributed by atoms with E-state index >= 15 is 0 Å². The Morgan fingerprint density at radius 1 is 1.37 bits per heavy atom. The molecule has 0 aliphatic carbocycles. The van der Waals surface area contributed by atoms with Gasteiger partial charge in [0, 0.05) is 6.20 Å². The summed E-state index contributed by atoms with van der Waals surface area (Å²) in [5.74, 6) is -0.132. The van der Waals surface area contributed by atoms with Crippen molar-refractivity contribution in [1.29, 1.82) is 0 Å². The summed E-state index contributed by atoms with van der Waals surface area (Å²) in [7, 11) is 0. The summed E-state index contributed by atoms with van der Waals surface area (Å²) in [6.07, 6.45) is 4.77. The minimum Gasteiger partial charge on any atom is -0.465 e. The Hall–Kier alpha value is -2.31. The quantitative estimate of drug-likeness (QED) is 0.443. The van der Waals surface area contributed by atoms with Crippen molar-refractivity contribution in [2.45, 2.75) is 23.0 Å². The topological polar surface area (TPSA) is 122 Å². The normalized spacial score (nSPS) is 11.3. The minimum atomic E-state index is -0.382. The fraction of sp³-hybridized carbons (Fsp3) is 0.200. The van der Waals surface area contributed by atoms with E-state index in [4.69, 9.17) is 10.5 Å². The lowest BCUT2D eigenvalue weighted by Crippen LogP contribution is -2.14. The van der Waals surface area contributed by atoms with E-state index in [9.17, 15) is 4.79 Å². The van der Waals surface area contributed by atoms with E-state index < -0.39 is 0 Å². The molecule has 138 valence electrons. The number of anilines is 1. The number of hydrogen-bond acceptors (Lipinski definition) is 10. The second-order valence-corrected chi connectivity index (χ2v) is 8.34. The second-order valence-electron chi connectivity index (χ2n) is 5.27. The number of esters is 1. The van der Waals surface area contributed by atoms with Crippen molar-refractivity contribution in [1.82, 2.24) is 29.5 Å². The number of carbonyl (C=O) groups is 1. The first kappa shape index (κ1) is 18.1. The summed E-state index contributed by atoms with van der Waals surface area (Å²) in [6, 6.07) is 0. The van der Waals surface area contributed by atoms with Crippen molar-refractivity contribution in [2.75, 3.05) is 12.3 Å². The van der Waals surface area contributed by atoms with E-state index in [1.807, 2.05) is 0 Å². The molecule has 4 heterocycles. The average Bonchev–Trinajstić information content (AvgIpc) is 3.19. The van der Waals surface area contributed by atoms with Crippen molar-refractivity contribution in [3.63, 3.8) is 0 Å². The van der Waals surface area contributed by atoms with Gasteiger partial charge in [-0.05, 0) is 34.6 Å². The number of nitrogen functional groups attached to an aromatic ring is 1. The Kier molecular flexibility index (Phi) is 4.93. The number of halogens is 1. The van der Waals surface area contributed by atoms with E-state index in [1.165, 1.54) is 29.4 Å². The number of nitrogens with two attached hydrogens (primary N) is 1. The van der Waals surface area contributed by atoms with Gasteiger partial charge in [0.15, 0.2) is 26.5 Å². The molecule has 27 heavy (non-hydrogen) atoms. The van der Waals surface area contributed by atoms with Crippen molar-refractivity contribution in [2.24, 2.45) is 0 Å². The van der Waals surface area contributed by atoms with Gasteiger partial charge in [-0.1, -0.05) is 0 Å². The molecule has 0 radical (unpaired) electrons. The average molecular weight is 466 g/mol. The largest absolute Gasteiger partial charge is 0.465 e. The highest BCUT2D eigenvalue weighted by molar-refractivity contribution is 9.10. The van der Waals surface area contributed by atoms with Gasteiger partial charge in [-0.25, -0.2) is 19.9 Å². The summed E-state index contributed by atoms with van der Waals surface area (Å²) in [5, 5.41) is 0.536. The molecule has 0 saturated carbocycles. The van der Waals surface area contributed by atoms with E-state index in [0.717, 1.165) is 19.0 Å². The molecule has 0 aliphatic rings. The Labute approximate surface area is 169 Å². The molecule has 0 aliphatic heterocycles. The Morgan fingerprint density at radius 3 is 3.00 bits per heavy atom. The van der Waals surface area contributed by atoms with Crippen LogP contribution in [0.5, 0.6) is 0 Å². The Bertz CT molecular complexity index is 1160. The molecule has 12 heteroatoms. The van der Waals surface area contributed by atoms with Crippen LogP contribution in [0.2, 0.25) is 0 Å². The maximum Gasteiger partial charge on any atom is 0.326 e. The molecular weight excluding hydrogens is 454 g/mol. The number of imidazole rings is 1. The first-order valence-corrected chi connectivity index (χ1v) is 10.2. The first-order chi connectivity index (χ1) is 13.1. The zero-order valence-corrected chi connectivity index (χ0v) is 17.1. The number of thiazole rings is 1. The van der Waals surface area contributed by atoms with Crippen molar-refractivity contribution in [3.8, 4) is 0 Å². The highest BCUT2D eigenvalue weighted by Crippen LogP contribution is 2.37. The van der Waals surface area contributed by atoms with Crippen LogP contribution in [0.3, 0.4) is 0 Å². The van der Waals surface area contributed by atoms with Gasteiger partial charge in [-0.15, -0.1) is 11.3 Å². The fourth-order valence-corrected chi connectivity index (χ4v) is 4.99. The van der Waals surface area contributed by atoms with Crippen LogP contribution in [-0.4, -0.2) is 42.1 Å². The number of aromatic nitrogens is 6. The van der Waals surface area contributed by atoms with E-state index in [-0.39, 0.29) is 18.3 Å². The van der Waals surface area contributed by atoms with Gasteiger partial charge in [-0.3, -0.25) is 14.3 Å².